The van der Waals surface area contributed by atoms with E-state index in [1.54, 1.807) is 6.07 Å². The smallest absolute Gasteiger partial charge is 0.209 e. The molecule has 0 aromatic heterocycles. The Balaban J connectivity index is 2.19. The summed E-state index contributed by atoms with van der Waals surface area (Å²) in [6.45, 7) is 1.20. The molecule has 0 bridgehead atoms. The third-order valence-corrected chi connectivity index (χ3v) is 3.98. The standard InChI is InChI=1S/C13H16FN3O2S/c1-20(18,19)16-12-3-2-6-17(9-12)13-5-4-11(14)7-10(13)8-15/h4-5,7,12,16H,2-3,6,9H2,1H3/t12-/m1/s1. The zero-order chi connectivity index (χ0) is 14.8. The van der Waals surface area contributed by atoms with E-state index in [0.29, 0.717) is 12.2 Å². The molecule has 1 aliphatic rings. The van der Waals surface area contributed by atoms with Crippen molar-refractivity contribution in [1.29, 1.82) is 5.26 Å². The minimum absolute atomic E-state index is 0.185. The average molecular weight is 297 g/mol. The molecule has 1 aromatic carbocycles. The maximum atomic E-state index is 13.1. The predicted molar refractivity (Wildman–Crippen MR) is 74.3 cm³/mol. The highest BCUT2D eigenvalue weighted by molar-refractivity contribution is 7.88. The number of nitrogens with zero attached hydrogens (tertiary/aromatic N) is 2. The van der Waals surface area contributed by atoms with Gasteiger partial charge in [-0.05, 0) is 31.0 Å². The molecule has 0 spiro atoms. The van der Waals surface area contributed by atoms with Gasteiger partial charge in [0.2, 0.25) is 10.0 Å². The molecule has 20 heavy (non-hydrogen) atoms. The fourth-order valence-corrected chi connectivity index (χ4v) is 3.27. The minimum atomic E-state index is -3.25. The summed E-state index contributed by atoms with van der Waals surface area (Å²) in [5.74, 6) is -0.451. The van der Waals surface area contributed by atoms with Gasteiger partial charge in [0.15, 0.2) is 0 Å². The third kappa shape index (κ3) is 3.68. The number of benzene rings is 1. The normalized spacial score (nSPS) is 19.6. The van der Waals surface area contributed by atoms with Gasteiger partial charge in [0.25, 0.3) is 0 Å². The summed E-state index contributed by atoms with van der Waals surface area (Å²) in [6.07, 6.45) is 2.70. The molecule has 7 heteroatoms. The van der Waals surface area contributed by atoms with E-state index in [1.807, 2.05) is 11.0 Å². The number of rotatable bonds is 3. The molecule has 2 rings (SSSR count). The second kappa shape index (κ2) is 5.77. The monoisotopic (exact) mass is 297 g/mol. The summed E-state index contributed by atoms with van der Waals surface area (Å²) in [5, 5.41) is 9.07. The van der Waals surface area contributed by atoms with Gasteiger partial charge in [-0.2, -0.15) is 5.26 Å². The summed E-state index contributed by atoms with van der Waals surface area (Å²) in [5.41, 5.74) is 0.916. The number of nitrogens with one attached hydrogen (secondary N) is 1. The van der Waals surface area contributed by atoms with Crippen LogP contribution in [-0.4, -0.2) is 33.8 Å². The Morgan fingerprint density at radius 3 is 2.90 bits per heavy atom. The Morgan fingerprint density at radius 1 is 1.50 bits per heavy atom. The van der Waals surface area contributed by atoms with Crippen molar-refractivity contribution in [3.8, 4) is 6.07 Å². The van der Waals surface area contributed by atoms with Crippen molar-refractivity contribution < 1.29 is 12.8 Å². The van der Waals surface area contributed by atoms with Crippen LogP contribution in [0.1, 0.15) is 18.4 Å². The van der Waals surface area contributed by atoms with Gasteiger partial charge >= 0.3 is 0 Å². The lowest BCUT2D eigenvalue weighted by molar-refractivity contribution is 0.467. The van der Waals surface area contributed by atoms with Crippen molar-refractivity contribution in [2.75, 3.05) is 24.2 Å². The lowest BCUT2D eigenvalue weighted by Crippen LogP contribution is -2.47. The van der Waals surface area contributed by atoms with Crippen LogP contribution in [0.3, 0.4) is 0 Å². The fraction of sp³-hybridized carbons (Fsp3) is 0.462. The summed E-state index contributed by atoms with van der Waals surface area (Å²) in [7, 11) is -3.25. The van der Waals surface area contributed by atoms with Crippen molar-refractivity contribution in [2.24, 2.45) is 0 Å². The Hall–Kier alpha value is -1.65. The van der Waals surface area contributed by atoms with E-state index in [9.17, 15) is 12.8 Å². The molecule has 1 aliphatic heterocycles. The average Bonchev–Trinajstić information content (AvgIpc) is 2.36. The molecule has 1 fully saturated rings. The van der Waals surface area contributed by atoms with Gasteiger partial charge in [0.05, 0.1) is 17.5 Å². The Kier molecular flexibility index (Phi) is 4.26. The Labute approximate surface area is 118 Å². The van der Waals surface area contributed by atoms with Crippen LogP contribution < -0.4 is 9.62 Å². The highest BCUT2D eigenvalue weighted by Crippen LogP contribution is 2.24. The highest BCUT2D eigenvalue weighted by Gasteiger charge is 2.24. The molecule has 0 unspecified atom stereocenters. The van der Waals surface area contributed by atoms with E-state index in [2.05, 4.69) is 4.72 Å². The predicted octanol–water partition coefficient (Wildman–Crippen LogP) is 1.22. The van der Waals surface area contributed by atoms with Gasteiger partial charge in [-0.3, -0.25) is 0 Å². The summed E-state index contributed by atoms with van der Waals surface area (Å²) in [4.78, 5) is 1.92. The quantitative estimate of drug-likeness (QED) is 0.910. The molecule has 0 radical (unpaired) electrons. The minimum Gasteiger partial charge on any atom is -0.369 e. The molecule has 1 atom stereocenters. The van der Waals surface area contributed by atoms with Crippen LogP contribution >= 0.6 is 0 Å². The number of hydrogen-bond acceptors (Lipinski definition) is 4. The molecule has 0 aliphatic carbocycles. The van der Waals surface area contributed by atoms with Gasteiger partial charge in [-0.25, -0.2) is 17.5 Å². The van der Waals surface area contributed by atoms with E-state index in [-0.39, 0.29) is 11.6 Å². The van der Waals surface area contributed by atoms with Gasteiger partial charge in [0.1, 0.15) is 11.9 Å². The van der Waals surface area contributed by atoms with Crippen molar-refractivity contribution in [1.82, 2.24) is 4.72 Å². The number of sulfonamides is 1. The number of hydrogen-bond donors (Lipinski definition) is 1. The van der Waals surface area contributed by atoms with Crippen LogP contribution in [0.4, 0.5) is 10.1 Å². The SMILES string of the molecule is CS(=O)(=O)N[C@@H]1CCCN(c2ccc(F)cc2C#N)C1. The largest absolute Gasteiger partial charge is 0.369 e. The second-order valence-corrected chi connectivity index (χ2v) is 6.73. The van der Waals surface area contributed by atoms with Crippen molar-refractivity contribution in [2.45, 2.75) is 18.9 Å². The molecular formula is C13H16FN3O2S. The summed E-state index contributed by atoms with van der Waals surface area (Å²) < 4.78 is 38.3. The van der Waals surface area contributed by atoms with E-state index >= 15 is 0 Å². The Morgan fingerprint density at radius 2 is 2.25 bits per heavy atom. The maximum absolute atomic E-state index is 13.1. The van der Waals surface area contributed by atoms with Crippen LogP contribution in [0.2, 0.25) is 0 Å². The molecule has 0 amide bonds. The van der Waals surface area contributed by atoms with Crippen LogP contribution in [0.5, 0.6) is 0 Å². The lowest BCUT2D eigenvalue weighted by atomic mass is 10.0. The fourth-order valence-electron chi connectivity index (χ4n) is 2.47. The number of nitriles is 1. The van der Waals surface area contributed by atoms with E-state index in [0.717, 1.165) is 25.6 Å². The first-order chi connectivity index (χ1) is 9.39. The lowest BCUT2D eigenvalue weighted by Gasteiger charge is -2.34. The van der Waals surface area contributed by atoms with Crippen LogP contribution in [0, 0.1) is 17.1 Å². The molecule has 1 N–H and O–H groups in total. The van der Waals surface area contributed by atoms with Gasteiger partial charge in [-0.15, -0.1) is 0 Å². The second-order valence-electron chi connectivity index (χ2n) is 4.95. The number of piperidine rings is 1. The molecular weight excluding hydrogens is 281 g/mol. The molecule has 1 aromatic rings. The summed E-state index contributed by atoms with van der Waals surface area (Å²) in [6, 6.07) is 5.86. The summed E-state index contributed by atoms with van der Waals surface area (Å²) >= 11 is 0. The van der Waals surface area contributed by atoms with E-state index in [4.69, 9.17) is 5.26 Å². The van der Waals surface area contributed by atoms with Crippen molar-refractivity contribution in [3.05, 3.63) is 29.6 Å². The van der Waals surface area contributed by atoms with Gasteiger partial charge < -0.3 is 4.90 Å². The van der Waals surface area contributed by atoms with E-state index < -0.39 is 15.8 Å². The number of anilines is 1. The third-order valence-electron chi connectivity index (χ3n) is 3.22. The zero-order valence-corrected chi connectivity index (χ0v) is 12.0. The molecule has 5 nitrogen and oxygen atoms in total. The highest BCUT2D eigenvalue weighted by atomic mass is 32.2. The first-order valence-electron chi connectivity index (χ1n) is 6.31. The topological polar surface area (TPSA) is 73.2 Å². The molecule has 0 saturated carbocycles. The van der Waals surface area contributed by atoms with Crippen molar-refractivity contribution >= 4 is 15.7 Å². The van der Waals surface area contributed by atoms with E-state index in [1.165, 1.54) is 12.1 Å². The molecule has 1 heterocycles. The van der Waals surface area contributed by atoms with Crippen LogP contribution in [-0.2, 0) is 10.0 Å². The first-order valence-corrected chi connectivity index (χ1v) is 8.20. The number of halogens is 1. The molecule has 1 saturated heterocycles. The van der Waals surface area contributed by atoms with Crippen LogP contribution in [0.25, 0.3) is 0 Å². The zero-order valence-electron chi connectivity index (χ0n) is 11.1. The molecule has 108 valence electrons. The first kappa shape index (κ1) is 14.8. The Bertz CT molecular complexity index is 640. The van der Waals surface area contributed by atoms with Crippen molar-refractivity contribution in [3.63, 3.8) is 0 Å². The van der Waals surface area contributed by atoms with Gasteiger partial charge in [-0.1, -0.05) is 0 Å². The maximum Gasteiger partial charge on any atom is 0.209 e. The van der Waals surface area contributed by atoms with Crippen LogP contribution in [0.15, 0.2) is 18.2 Å². The van der Waals surface area contributed by atoms with Gasteiger partial charge in [0, 0.05) is 19.1 Å².